The zero-order valence-electron chi connectivity index (χ0n) is 13.9. The second-order valence-corrected chi connectivity index (χ2v) is 7.18. The van der Waals surface area contributed by atoms with Gasteiger partial charge < -0.3 is 5.32 Å². The third kappa shape index (κ3) is 3.70. The van der Waals surface area contributed by atoms with Gasteiger partial charge in [0.1, 0.15) is 0 Å². The summed E-state index contributed by atoms with van der Waals surface area (Å²) in [4.78, 5) is 14.6. The van der Waals surface area contributed by atoms with Gasteiger partial charge in [-0.05, 0) is 68.3 Å². The van der Waals surface area contributed by atoms with Gasteiger partial charge in [-0.15, -0.1) is 0 Å². The van der Waals surface area contributed by atoms with E-state index in [-0.39, 0.29) is 5.91 Å². The van der Waals surface area contributed by atoms with Crippen LogP contribution in [0.1, 0.15) is 43.2 Å². The predicted molar refractivity (Wildman–Crippen MR) is 91.1 cm³/mol. The first-order chi connectivity index (χ1) is 10.6. The molecule has 1 saturated heterocycles. The van der Waals surface area contributed by atoms with Crippen molar-refractivity contribution in [3.05, 3.63) is 29.3 Å². The second-order valence-electron chi connectivity index (χ2n) is 7.18. The molecule has 0 spiro atoms. The van der Waals surface area contributed by atoms with Crippen LogP contribution in [-0.4, -0.2) is 30.4 Å². The summed E-state index contributed by atoms with van der Waals surface area (Å²) in [7, 11) is 0. The van der Waals surface area contributed by atoms with Crippen LogP contribution < -0.4 is 5.32 Å². The highest BCUT2D eigenvalue weighted by molar-refractivity contribution is 5.92. The molecule has 3 heteroatoms. The number of fused-ring (bicyclic) bond motifs is 1. The Balaban J connectivity index is 1.52. The molecule has 120 valence electrons. The number of nitrogens with one attached hydrogen (secondary N) is 1. The number of carbonyl (C=O) groups is 1. The van der Waals surface area contributed by atoms with Crippen molar-refractivity contribution in [2.24, 2.45) is 11.8 Å². The van der Waals surface area contributed by atoms with Gasteiger partial charge in [0.05, 0.1) is 6.54 Å². The average molecular weight is 300 g/mol. The molecule has 2 fully saturated rings. The normalized spacial score (nSPS) is 25.5. The predicted octanol–water partition coefficient (Wildman–Crippen LogP) is 3.75. The average Bonchev–Trinajstić information content (AvgIpc) is 2.51. The number of hydrogen-bond acceptors (Lipinski definition) is 2. The summed E-state index contributed by atoms with van der Waals surface area (Å²) in [6.45, 7) is 6.91. The zero-order valence-corrected chi connectivity index (χ0v) is 13.9. The van der Waals surface area contributed by atoms with Crippen molar-refractivity contribution in [3.8, 4) is 0 Å². The van der Waals surface area contributed by atoms with Gasteiger partial charge in [0.25, 0.3) is 0 Å². The van der Waals surface area contributed by atoms with Gasteiger partial charge in [-0.2, -0.15) is 0 Å². The third-order valence-corrected chi connectivity index (χ3v) is 5.53. The number of nitrogens with zero attached hydrogens (tertiary/aromatic N) is 1. The molecule has 2 atom stereocenters. The van der Waals surface area contributed by atoms with Crippen molar-refractivity contribution in [1.82, 2.24) is 4.90 Å². The Kier molecular flexibility index (Phi) is 4.82. The van der Waals surface area contributed by atoms with Gasteiger partial charge in [-0.25, -0.2) is 0 Å². The molecule has 22 heavy (non-hydrogen) atoms. The molecular weight excluding hydrogens is 272 g/mol. The van der Waals surface area contributed by atoms with Crippen LogP contribution in [0.2, 0.25) is 0 Å². The van der Waals surface area contributed by atoms with Crippen molar-refractivity contribution in [3.63, 3.8) is 0 Å². The van der Waals surface area contributed by atoms with Crippen molar-refractivity contribution in [2.45, 2.75) is 46.0 Å². The molecule has 1 heterocycles. The van der Waals surface area contributed by atoms with Crippen molar-refractivity contribution >= 4 is 11.6 Å². The van der Waals surface area contributed by atoms with E-state index in [1.165, 1.54) is 43.2 Å². The summed E-state index contributed by atoms with van der Waals surface area (Å²) in [5.41, 5.74) is 3.40. The topological polar surface area (TPSA) is 32.3 Å². The van der Waals surface area contributed by atoms with Gasteiger partial charge in [-0.1, -0.05) is 25.3 Å². The lowest BCUT2D eigenvalue weighted by molar-refractivity contribution is -0.118. The number of likely N-dealkylation sites (tertiary alicyclic amines) is 1. The van der Waals surface area contributed by atoms with E-state index in [0.29, 0.717) is 6.54 Å². The fourth-order valence-corrected chi connectivity index (χ4v) is 4.04. The molecule has 1 aliphatic carbocycles. The fourth-order valence-electron chi connectivity index (χ4n) is 4.04. The molecule has 1 amide bonds. The van der Waals surface area contributed by atoms with Crippen molar-refractivity contribution in [1.29, 1.82) is 0 Å². The van der Waals surface area contributed by atoms with Gasteiger partial charge in [0, 0.05) is 12.2 Å². The Hall–Kier alpha value is -1.35. The van der Waals surface area contributed by atoms with Gasteiger partial charge in [0.2, 0.25) is 5.91 Å². The van der Waals surface area contributed by atoms with Gasteiger partial charge in [-0.3, -0.25) is 9.69 Å². The van der Waals surface area contributed by atoms with Crippen molar-refractivity contribution < 1.29 is 4.79 Å². The highest BCUT2D eigenvalue weighted by Gasteiger charge is 2.31. The van der Waals surface area contributed by atoms with E-state index in [2.05, 4.69) is 36.2 Å². The number of amides is 1. The Morgan fingerprint density at radius 1 is 1.14 bits per heavy atom. The summed E-state index contributed by atoms with van der Waals surface area (Å²) >= 11 is 0. The second kappa shape index (κ2) is 6.82. The highest BCUT2D eigenvalue weighted by atomic mass is 16.2. The van der Waals surface area contributed by atoms with Crippen LogP contribution in [0, 0.1) is 25.7 Å². The van der Waals surface area contributed by atoms with Crippen LogP contribution in [0.25, 0.3) is 0 Å². The monoisotopic (exact) mass is 300 g/mol. The first-order valence-corrected chi connectivity index (χ1v) is 8.71. The minimum Gasteiger partial charge on any atom is -0.325 e. The molecular formula is C19H28N2O. The van der Waals surface area contributed by atoms with E-state index in [0.717, 1.165) is 30.6 Å². The van der Waals surface area contributed by atoms with E-state index in [1.54, 1.807) is 0 Å². The minimum atomic E-state index is 0.123. The molecule has 3 rings (SSSR count). The molecule has 3 nitrogen and oxygen atoms in total. The maximum Gasteiger partial charge on any atom is 0.238 e. The summed E-state index contributed by atoms with van der Waals surface area (Å²) in [5, 5.41) is 3.05. The van der Waals surface area contributed by atoms with Crippen molar-refractivity contribution in [2.75, 3.05) is 25.0 Å². The van der Waals surface area contributed by atoms with E-state index >= 15 is 0 Å². The number of hydrogen-bond donors (Lipinski definition) is 1. The third-order valence-electron chi connectivity index (χ3n) is 5.53. The number of benzene rings is 1. The summed E-state index contributed by atoms with van der Waals surface area (Å²) in [6, 6.07) is 6.12. The van der Waals surface area contributed by atoms with Gasteiger partial charge >= 0.3 is 0 Å². The maximum absolute atomic E-state index is 12.3. The number of piperidine rings is 1. The molecule has 1 saturated carbocycles. The van der Waals surface area contributed by atoms with Crippen LogP contribution in [0.3, 0.4) is 0 Å². The SMILES string of the molecule is Cc1ccc(NC(=O)CN2CC[C@@H]3CCCC[C@@H]3C2)cc1C. The first kappa shape index (κ1) is 15.5. The fraction of sp³-hybridized carbons (Fsp3) is 0.632. The van der Waals surface area contributed by atoms with E-state index < -0.39 is 0 Å². The lowest BCUT2D eigenvalue weighted by atomic mass is 9.75. The van der Waals surface area contributed by atoms with E-state index in [1.807, 2.05) is 6.07 Å². The summed E-state index contributed by atoms with van der Waals surface area (Å²) in [5.74, 6) is 1.88. The highest BCUT2D eigenvalue weighted by Crippen LogP contribution is 2.35. The smallest absolute Gasteiger partial charge is 0.238 e. The number of rotatable bonds is 3. The van der Waals surface area contributed by atoms with Crippen LogP contribution in [0.4, 0.5) is 5.69 Å². The molecule has 2 aliphatic rings. The Morgan fingerprint density at radius 2 is 1.91 bits per heavy atom. The van der Waals surface area contributed by atoms with Crippen LogP contribution >= 0.6 is 0 Å². The molecule has 1 N–H and O–H groups in total. The standard InChI is InChI=1S/C19H28N2O/c1-14-7-8-18(11-15(14)2)20-19(22)13-21-10-9-16-5-3-4-6-17(16)12-21/h7-8,11,16-17H,3-6,9-10,12-13H2,1-2H3,(H,20,22)/t16-,17+/m0/s1. The molecule has 1 aliphatic heterocycles. The Labute approximate surface area is 134 Å². The van der Waals surface area contributed by atoms with Crippen LogP contribution in [-0.2, 0) is 4.79 Å². The largest absolute Gasteiger partial charge is 0.325 e. The van der Waals surface area contributed by atoms with Crippen LogP contribution in [0.15, 0.2) is 18.2 Å². The number of anilines is 1. The van der Waals surface area contributed by atoms with E-state index in [4.69, 9.17) is 0 Å². The Morgan fingerprint density at radius 3 is 2.68 bits per heavy atom. The molecule has 1 aromatic carbocycles. The zero-order chi connectivity index (χ0) is 15.5. The van der Waals surface area contributed by atoms with Crippen LogP contribution in [0.5, 0.6) is 0 Å². The first-order valence-electron chi connectivity index (χ1n) is 8.71. The lowest BCUT2D eigenvalue weighted by Crippen LogP contribution is -2.44. The summed E-state index contributed by atoms with van der Waals surface area (Å²) < 4.78 is 0. The number of carbonyl (C=O) groups excluding carboxylic acids is 1. The molecule has 1 aromatic rings. The molecule has 0 unspecified atom stereocenters. The number of aryl methyl sites for hydroxylation is 2. The molecule has 0 aromatic heterocycles. The maximum atomic E-state index is 12.3. The molecule has 0 bridgehead atoms. The van der Waals surface area contributed by atoms with E-state index in [9.17, 15) is 4.79 Å². The molecule has 0 radical (unpaired) electrons. The summed E-state index contributed by atoms with van der Waals surface area (Å²) in [6.07, 6.45) is 6.84. The quantitative estimate of drug-likeness (QED) is 0.922. The minimum absolute atomic E-state index is 0.123. The Bertz CT molecular complexity index is 540. The van der Waals surface area contributed by atoms with Gasteiger partial charge in [0.15, 0.2) is 0 Å². The lowest BCUT2D eigenvalue weighted by Gasteiger charge is -2.41.